The number of aromatic nitrogens is 1. The molecule has 1 unspecified atom stereocenters. The standard InChI is InChI=1S/C21H27FN4O/c22-19-3-1-18(2-4-19)21(20(23)27,15-17-7-12-25-13-8-17)26-14-9-16-5-10-24-11-6-16/h1-4,7-8,12-13,16,24,26H,5-6,9-11,14-15H2,(H2,23,27). The second kappa shape index (κ2) is 9.06. The Morgan fingerprint density at radius 3 is 2.48 bits per heavy atom. The van der Waals surface area contributed by atoms with E-state index in [2.05, 4.69) is 15.6 Å². The Morgan fingerprint density at radius 2 is 1.85 bits per heavy atom. The molecule has 1 amide bonds. The Bertz CT molecular complexity index is 732. The molecule has 1 aromatic carbocycles. The lowest BCUT2D eigenvalue weighted by atomic mass is 9.82. The van der Waals surface area contributed by atoms with E-state index in [-0.39, 0.29) is 5.82 Å². The van der Waals surface area contributed by atoms with E-state index in [1.165, 1.54) is 12.1 Å². The number of amides is 1. The first-order chi connectivity index (χ1) is 13.1. The monoisotopic (exact) mass is 370 g/mol. The molecule has 4 N–H and O–H groups in total. The van der Waals surface area contributed by atoms with Gasteiger partial charge in [0.25, 0.3) is 0 Å². The molecule has 1 aliphatic heterocycles. The zero-order chi connectivity index (χ0) is 19.1. The van der Waals surface area contributed by atoms with E-state index in [4.69, 9.17) is 5.73 Å². The molecule has 1 saturated heterocycles. The maximum absolute atomic E-state index is 13.4. The molecule has 27 heavy (non-hydrogen) atoms. The molecule has 5 nitrogen and oxygen atoms in total. The molecule has 1 fully saturated rings. The number of halogens is 1. The molecule has 2 heterocycles. The van der Waals surface area contributed by atoms with Crippen LogP contribution in [0.2, 0.25) is 0 Å². The van der Waals surface area contributed by atoms with Crippen molar-refractivity contribution in [3.05, 3.63) is 65.7 Å². The smallest absolute Gasteiger partial charge is 0.242 e. The molecule has 1 atom stereocenters. The van der Waals surface area contributed by atoms with Crippen LogP contribution in [0.4, 0.5) is 4.39 Å². The number of nitrogens with zero attached hydrogens (tertiary/aromatic N) is 1. The first-order valence-electron chi connectivity index (χ1n) is 9.51. The molecule has 6 heteroatoms. The van der Waals surface area contributed by atoms with E-state index in [1.807, 2.05) is 12.1 Å². The third kappa shape index (κ3) is 4.90. The minimum absolute atomic E-state index is 0.337. The second-order valence-electron chi connectivity index (χ2n) is 7.22. The number of carbonyl (C=O) groups excluding carboxylic acids is 1. The van der Waals surface area contributed by atoms with E-state index in [0.29, 0.717) is 24.4 Å². The van der Waals surface area contributed by atoms with Gasteiger partial charge in [0.2, 0.25) is 5.91 Å². The van der Waals surface area contributed by atoms with Crippen LogP contribution < -0.4 is 16.4 Å². The van der Waals surface area contributed by atoms with Gasteiger partial charge in [0.15, 0.2) is 0 Å². The lowest BCUT2D eigenvalue weighted by Crippen LogP contribution is -2.54. The molecule has 0 spiro atoms. The van der Waals surface area contributed by atoms with Crippen LogP contribution in [0.5, 0.6) is 0 Å². The predicted molar refractivity (Wildman–Crippen MR) is 103 cm³/mol. The molecule has 0 bridgehead atoms. The second-order valence-corrected chi connectivity index (χ2v) is 7.22. The van der Waals surface area contributed by atoms with Gasteiger partial charge in [-0.15, -0.1) is 0 Å². The van der Waals surface area contributed by atoms with Gasteiger partial charge in [-0.05, 0) is 80.2 Å². The number of nitrogens with two attached hydrogens (primary N) is 1. The number of rotatable bonds is 8. The number of pyridine rings is 1. The van der Waals surface area contributed by atoms with Crippen LogP contribution in [0.25, 0.3) is 0 Å². The average molecular weight is 370 g/mol. The van der Waals surface area contributed by atoms with E-state index in [1.54, 1.807) is 24.5 Å². The number of carbonyl (C=O) groups is 1. The highest BCUT2D eigenvalue weighted by Gasteiger charge is 2.38. The summed E-state index contributed by atoms with van der Waals surface area (Å²) in [4.78, 5) is 16.7. The van der Waals surface area contributed by atoms with Gasteiger partial charge in [-0.1, -0.05) is 12.1 Å². The summed E-state index contributed by atoms with van der Waals surface area (Å²) >= 11 is 0. The van der Waals surface area contributed by atoms with Crippen molar-refractivity contribution < 1.29 is 9.18 Å². The first-order valence-corrected chi connectivity index (χ1v) is 9.51. The highest BCUT2D eigenvalue weighted by Crippen LogP contribution is 2.27. The predicted octanol–water partition coefficient (Wildman–Crippen LogP) is 2.12. The number of hydrogen-bond donors (Lipinski definition) is 3. The van der Waals surface area contributed by atoms with E-state index >= 15 is 0 Å². The summed E-state index contributed by atoms with van der Waals surface area (Å²) in [5, 5.41) is 6.79. The van der Waals surface area contributed by atoms with Crippen molar-refractivity contribution in [3.63, 3.8) is 0 Å². The van der Waals surface area contributed by atoms with Gasteiger partial charge in [-0.25, -0.2) is 4.39 Å². The number of primary amides is 1. The van der Waals surface area contributed by atoms with Crippen molar-refractivity contribution in [2.45, 2.75) is 31.2 Å². The quantitative estimate of drug-likeness (QED) is 0.665. The van der Waals surface area contributed by atoms with Crippen LogP contribution in [0.3, 0.4) is 0 Å². The van der Waals surface area contributed by atoms with Crippen LogP contribution in [0.15, 0.2) is 48.8 Å². The molecular formula is C21H27FN4O. The van der Waals surface area contributed by atoms with E-state index < -0.39 is 11.4 Å². The Kier molecular flexibility index (Phi) is 6.53. The zero-order valence-electron chi connectivity index (χ0n) is 15.5. The highest BCUT2D eigenvalue weighted by atomic mass is 19.1. The fourth-order valence-electron chi connectivity index (χ4n) is 3.78. The summed E-state index contributed by atoms with van der Waals surface area (Å²) in [5.74, 6) is -0.162. The van der Waals surface area contributed by atoms with Crippen LogP contribution in [0, 0.1) is 11.7 Å². The summed E-state index contributed by atoms with van der Waals surface area (Å²) in [5.41, 5.74) is 6.43. The summed E-state index contributed by atoms with van der Waals surface area (Å²) in [6.07, 6.45) is 7.05. The van der Waals surface area contributed by atoms with Crippen molar-refractivity contribution in [1.29, 1.82) is 0 Å². The van der Waals surface area contributed by atoms with Crippen molar-refractivity contribution in [1.82, 2.24) is 15.6 Å². The molecule has 144 valence electrons. The molecule has 0 radical (unpaired) electrons. The third-order valence-electron chi connectivity index (χ3n) is 5.41. The molecule has 1 aromatic heterocycles. The maximum Gasteiger partial charge on any atom is 0.242 e. The third-order valence-corrected chi connectivity index (χ3v) is 5.41. The van der Waals surface area contributed by atoms with Crippen LogP contribution in [0.1, 0.15) is 30.4 Å². The Labute approximate surface area is 159 Å². The topological polar surface area (TPSA) is 80.0 Å². The van der Waals surface area contributed by atoms with Crippen LogP contribution in [-0.2, 0) is 16.8 Å². The minimum Gasteiger partial charge on any atom is -0.368 e. The van der Waals surface area contributed by atoms with Gasteiger partial charge in [0, 0.05) is 18.8 Å². The lowest BCUT2D eigenvalue weighted by Gasteiger charge is -2.34. The van der Waals surface area contributed by atoms with Crippen LogP contribution in [-0.4, -0.2) is 30.5 Å². The summed E-state index contributed by atoms with van der Waals surface area (Å²) < 4.78 is 13.4. The fraction of sp³-hybridized carbons (Fsp3) is 0.429. The van der Waals surface area contributed by atoms with Crippen molar-refractivity contribution in [2.24, 2.45) is 11.7 Å². The summed E-state index contributed by atoms with van der Waals surface area (Å²) in [6, 6.07) is 9.76. The Morgan fingerprint density at radius 1 is 1.19 bits per heavy atom. The normalized spacial score (nSPS) is 17.4. The molecule has 1 aliphatic rings. The van der Waals surface area contributed by atoms with Gasteiger partial charge in [-0.3, -0.25) is 15.1 Å². The van der Waals surface area contributed by atoms with E-state index in [0.717, 1.165) is 37.9 Å². The Hall–Kier alpha value is -2.31. The minimum atomic E-state index is -1.08. The van der Waals surface area contributed by atoms with Crippen molar-refractivity contribution in [2.75, 3.05) is 19.6 Å². The number of benzene rings is 1. The van der Waals surface area contributed by atoms with E-state index in [9.17, 15) is 9.18 Å². The zero-order valence-corrected chi connectivity index (χ0v) is 15.5. The average Bonchev–Trinajstić information content (AvgIpc) is 2.69. The highest BCUT2D eigenvalue weighted by molar-refractivity contribution is 5.86. The van der Waals surface area contributed by atoms with Gasteiger partial charge in [0.05, 0.1) is 0 Å². The number of nitrogens with one attached hydrogen (secondary N) is 2. The molecular weight excluding hydrogens is 343 g/mol. The fourth-order valence-corrected chi connectivity index (χ4v) is 3.78. The van der Waals surface area contributed by atoms with Gasteiger partial charge in [0.1, 0.15) is 11.4 Å². The lowest BCUT2D eigenvalue weighted by molar-refractivity contribution is -0.124. The maximum atomic E-state index is 13.4. The van der Waals surface area contributed by atoms with Gasteiger partial charge in [-0.2, -0.15) is 0 Å². The summed E-state index contributed by atoms with van der Waals surface area (Å²) in [7, 11) is 0. The van der Waals surface area contributed by atoms with Gasteiger partial charge >= 0.3 is 0 Å². The molecule has 3 rings (SSSR count). The first kappa shape index (κ1) is 19.5. The number of hydrogen-bond acceptors (Lipinski definition) is 4. The SMILES string of the molecule is NC(=O)C(Cc1ccncc1)(NCCC1CCNCC1)c1ccc(F)cc1. The molecule has 0 saturated carbocycles. The van der Waals surface area contributed by atoms with Crippen LogP contribution >= 0.6 is 0 Å². The molecule has 2 aromatic rings. The van der Waals surface area contributed by atoms with Crippen molar-refractivity contribution in [3.8, 4) is 0 Å². The largest absolute Gasteiger partial charge is 0.368 e. The molecule has 0 aliphatic carbocycles. The summed E-state index contributed by atoms with van der Waals surface area (Å²) in [6.45, 7) is 2.76. The van der Waals surface area contributed by atoms with Gasteiger partial charge < -0.3 is 11.1 Å². The Balaban J connectivity index is 1.83. The van der Waals surface area contributed by atoms with Crippen molar-refractivity contribution >= 4 is 5.91 Å². The number of piperidine rings is 1.